The Morgan fingerprint density at radius 1 is 1.32 bits per heavy atom. The summed E-state index contributed by atoms with van der Waals surface area (Å²) in [4.78, 5) is 5.59. The summed E-state index contributed by atoms with van der Waals surface area (Å²) < 4.78 is 0. The van der Waals surface area contributed by atoms with E-state index in [9.17, 15) is 0 Å². The molecule has 2 rings (SSSR count). The van der Waals surface area contributed by atoms with Crippen LogP contribution in [0.25, 0.3) is 0 Å². The van der Waals surface area contributed by atoms with Gasteiger partial charge < -0.3 is 5.32 Å². The van der Waals surface area contributed by atoms with Crippen molar-refractivity contribution in [3.05, 3.63) is 21.9 Å². The fourth-order valence-electron chi connectivity index (χ4n) is 2.33. The molecule has 2 unspecified atom stereocenters. The van der Waals surface area contributed by atoms with Gasteiger partial charge in [0.15, 0.2) is 0 Å². The van der Waals surface area contributed by atoms with Crippen molar-refractivity contribution in [2.24, 2.45) is 0 Å². The van der Waals surface area contributed by atoms with Gasteiger partial charge in [-0.25, -0.2) is 0 Å². The number of nitrogens with one attached hydrogen (secondary N) is 1. The molecule has 0 spiro atoms. The Morgan fingerprint density at radius 3 is 2.79 bits per heavy atom. The van der Waals surface area contributed by atoms with Gasteiger partial charge in [-0.2, -0.15) is 11.8 Å². The fourth-order valence-corrected chi connectivity index (χ4v) is 4.48. The summed E-state index contributed by atoms with van der Waals surface area (Å²) in [6.07, 6.45) is 0. The molecule has 1 fully saturated rings. The summed E-state index contributed by atoms with van der Waals surface area (Å²) >= 11 is 4.07. The smallest absolute Gasteiger partial charge is 0.0331 e. The molecule has 0 aromatic carbocycles. The van der Waals surface area contributed by atoms with E-state index in [1.165, 1.54) is 22.1 Å². The number of thiophene rings is 1. The first kappa shape index (κ1) is 15.4. The molecule has 1 saturated heterocycles. The molecule has 0 amide bonds. The van der Waals surface area contributed by atoms with Gasteiger partial charge in [0.05, 0.1) is 0 Å². The van der Waals surface area contributed by atoms with E-state index in [0.29, 0.717) is 12.1 Å². The maximum Gasteiger partial charge on any atom is 0.0331 e. The highest BCUT2D eigenvalue weighted by molar-refractivity contribution is 8.00. The lowest BCUT2D eigenvalue weighted by molar-refractivity contribution is 0.206. The summed E-state index contributed by atoms with van der Waals surface area (Å²) in [5.74, 6) is 1.28. The van der Waals surface area contributed by atoms with Crippen molar-refractivity contribution < 1.29 is 0 Å². The van der Waals surface area contributed by atoms with Crippen LogP contribution in [0.5, 0.6) is 0 Å². The van der Waals surface area contributed by atoms with Crippen LogP contribution in [0, 0.1) is 0 Å². The van der Waals surface area contributed by atoms with Gasteiger partial charge in [0.2, 0.25) is 0 Å². The number of rotatable bonds is 5. The van der Waals surface area contributed by atoms with E-state index in [2.05, 4.69) is 61.8 Å². The lowest BCUT2D eigenvalue weighted by atomic mass is 10.2. The predicted octanol–water partition coefficient (Wildman–Crippen LogP) is 3.57. The third-order valence-electron chi connectivity index (χ3n) is 3.78. The molecule has 1 aromatic heterocycles. The second kappa shape index (κ2) is 7.11. The molecule has 2 nitrogen and oxygen atoms in total. The predicted molar refractivity (Wildman–Crippen MR) is 88.1 cm³/mol. The second-order valence-electron chi connectivity index (χ2n) is 5.69. The van der Waals surface area contributed by atoms with Gasteiger partial charge >= 0.3 is 0 Å². The summed E-state index contributed by atoms with van der Waals surface area (Å²) in [5, 5.41) is 4.25. The molecule has 2 atom stereocenters. The topological polar surface area (TPSA) is 15.3 Å². The maximum absolute atomic E-state index is 3.49. The minimum absolute atomic E-state index is 0.561. The standard InChI is InChI=1S/C15H26N2S2/c1-11(2)16-9-14-5-6-15(19-14)10-17-7-8-18-13(4)12(17)3/h5-6,11-13,16H,7-10H2,1-4H3. The monoisotopic (exact) mass is 298 g/mol. The molecular formula is C15H26N2S2. The third-order valence-corrected chi connectivity index (χ3v) is 6.18. The number of thioether (sulfide) groups is 1. The highest BCUT2D eigenvalue weighted by atomic mass is 32.2. The summed E-state index contributed by atoms with van der Waals surface area (Å²) in [6.45, 7) is 12.5. The van der Waals surface area contributed by atoms with Crippen LogP contribution < -0.4 is 5.32 Å². The first-order chi connectivity index (χ1) is 9.06. The van der Waals surface area contributed by atoms with Gasteiger partial charge in [0.1, 0.15) is 0 Å². The Morgan fingerprint density at radius 2 is 2.05 bits per heavy atom. The van der Waals surface area contributed by atoms with E-state index >= 15 is 0 Å². The second-order valence-corrected chi connectivity index (χ2v) is 8.43. The van der Waals surface area contributed by atoms with Crippen molar-refractivity contribution in [3.8, 4) is 0 Å². The zero-order valence-corrected chi connectivity index (χ0v) is 14.1. The lowest BCUT2D eigenvalue weighted by Crippen LogP contribution is -2.43. The van der Waals surface area contributed by atoms with E-state index in [0.717, 1.165) is 18.3 Å². The Kier molecular flexibility index (Phi) is 5.75. The molecule has 1 aromatic rings. The van der Waals surface area contributed by atoms with E-state index in [1.807, 2.05) is 11.3 Å². The zero-order valence-electron chi connectivity index (χ0n) is 12.5. The average Bonchev–Trinajstić information content (AvgIpc) is 2.80. The summed E-state index contributed by atoms with van der Waals surface area (Å²) in [5.41, 5.74) is 0. The van der Waals surface area contributed by atoms with E-state index in [4.69, 9.17) is 0 Å². The number of nitrogens with zero attached hydrogens (tertiary/aromatic N) is 1. The molecule has 108 valence electrons. The number of hydrogen-bond donors (Lipinski definition) is 1. The van der Waals surface area contributed by atoms with Gasteiger partial charge in [0.25, 0.3) is 0 Å². The molecule has 1 aliphatic heterocycles. The molecule has 0 radical (unpaired) electrons. The average molecular weight is 299 g/mol. The van der Waals surface area contributed by atoms with Gasteiger partial charge in [0, 0.05) is 52.5 Å². The van der Waals surface area contributed by atoms with Crippen LogP contribution in [0.4, 0.5) is 0 Å². The van der Waals surface area contributed by atoms with Gasteiger partial charge in [-0.05, 0) is 19.1 Å². The molecule has 1 N–H and O–H groups in total. The van der Waals surface area contributed by atoms with Gasteiger partial charge in [-0.3, -0.25) is 4.90 Å². The number of hydrogen-bond acceptors (Lipinski definition) is 4. The fraction of sp³-hybridized carbons (Fsp3) is 0.733. The van der Waals surface area contributed by atoms with Crippen LogP contribution in [0.2, 0.25) is 0 Å². The molecule has 2 heterocycles. The van der Waals surface area contributed by atoms with Crippen molar-refractivity contribution in [1.82, 2.24) is 10.2 Å². The van der Waals surface area contributed by atoms with Crippen molar-refractivity contribution >= 4 is 23.1 Å². The third kappa shape index (κ3) is 4.48. The Balaban J connectivity index is 1.88. The molecular weight excluding hydrogens is 272 g/mol. The quantitative estimate of drug-likeness (QED) is 0.894. The van der Waals surface area contributed by atoms with Gasteiger partial charge in [-0.15, -0.1) is 11.3 Å². The minimum Gasteiger partial charge on any atom is -0.310 e. The normalized spacial score (nSPS) is 25.1. The van der Waals surface area contributed by atoms with E-state index in [1.54, 1.807) is 0 Å². The molecule has 1 aliphatic rings. The first-order valence-corrected chi connectivity index (χ1v) is 9.09. The largest absolute Gasteiger partial charge is 0.310 e. The maximum atomic E-state index is 3.49. The zero-order chi connectivity index (χ0) is 13.8. The van der Waals surface area contributed by atoms with E-state index in [-0.39, 0.29) is 0 Å². The molecule has 0 saturated carbocycles. The highest BCUT2D eigenvalue weighted by Gasteiger charge is 2.25. The Labute approximate surface area is 126 Å². The summed E-state index contributed by atoms with van der Waals surface area (Å²) in [7, 11) is 0. The van der Waals surface area contributed by atoms with Crippen LogP contribution >= 0.6 is 23.1 Å². The Bertz CT molecular complexity index is 389. The molecule has 19 heavy (non-hydrogen) atoms. The van der Waals surface area contributed by atoms with Crippen LogP contribution in [0.1, 0.15) is 37.4 Å². The van der Waals surface area contributed by atoms with Crippen LogP contribution in [0.3, 0.4) is 0 Å². The summed E-state index contributed by atoms with van der Waals surface area (Å²) in [6, 6.07) is 5.84. The van der Waals surface area contributed by atoms with Crippen molar-refractivity contribution in [1.29, 1.82) is 0 Å². The van der Waals surface area contributed by atoms with Crippen molar-refractivity contribution in [3.63, 3.8) is 0 Å². The molecule has 4 heteroatoms. The van der Waals surface area contributed by atoms with Crippen molar-refractivity contribution in [2.45, 2.75) is 58.1 Å². The minimum atomic E-state index is 0.561. The van der Waals surface area contributed by atoms with E-state index < -0.39 is 0 Å². The molecule has 0 aliphatic carbocycles. The SMILES string of the molecule is CC(C)NCc1ccc(CN2CCSC(C)C2C)s1. The van der Waals surface area contributed by atoms with Crippen LogP contribution in [0.15, 0.2) is 12.1 Å². The van der Waals surface area contributed by atoms with Crippen LogP contribution in [-0.4, -0.2) is 34.5 Å². The molecule has 0 bridgehead atoms. The lowest BCUT2D eigenvalue weighted by Gasteiger charge is -2.37. The first-order valence-electron chi connectivity index (χ1n) is 7.23. The highest BCUT2D eigenvalue weighted by Crippen LogP contribution is 2.27. The van der Waals surface area contributed by atoms with Gasteiger partial charge in [-0.1, -0.05) is 20.8 Å². The van der Waals surface area contributed by atoms with Crippen molar-refractivity contribution in [2.75, 3.05) is 12.3 Å². The van der Waals surface area contributed by atoms with Crippen LogP contribution in [-0.2, 0) is 13.1 Å². The Hall–Kier alpha value is -0.0300.